The third-order valence-corrected chi connectivity index (χ3v) is 2.49. The van der Waals surface area contributed by atoms with Crippen LogP contribution in [0.25, 0.3) is 10.9 Å². The van der Waals surface area contributed by atoms with Crippen molar-refractivity contribution in [2.45, 2.75) is 19.9 Å². The Bertz CT molecular complexity index is 431. The molecule has 1 N–H and O–H groups in total. The Labute approximate surface area is 83.8 Å². The predicted molar refractivity (Wildman–Crippen MR) is 58.4 cm³/mol. The Morgan fingerprint density at radius 2 is 2.14 bits per heavy atom. The van der Waals surface area contributed by atoms with Crippen molar-refractivity contribution in [3.8, 4) is 0 Å². The van der Waals surface area contributed by atoms with Gasteiger partial charge in [0, 0.05) is 24.9 Å². The van der Waals surface area contributed by atoms with Crippen molar-refractivity contribution in [2.24, 2.45) is 0 Å². The first-order valence-corrected chi connectivity index (χ1v) is 4.97. The Hall–Kier alpha value is -1.28. The SMILES string of the molecule is Cc1ccc2ccn(CCCO)c2c1. The smallest absolute Gasteiger partial charge is 0.0482 e. The highest BCUT2D eigenvalue weighted by molar-refractivity contribution is 5.80. The van der Waals surface area contributed by atoms with E-state index >= 15 is 0 Å². The molecular formula is C12H15NO. The van der Waals surface area contributed by atoms with Crippen molar-refractivity contribution < 1.29 is 5.11 Å². The maximum atomic E-state index is 8.78. The van der Waals surface area contributed by atoms with Crippen molar-refractivity contribution in [1.82, 2.24) is 4.57 Å². The Balaban J connectivity index is 2.40. The number of fused-ring (bicyclic) bond motifs is 1. The molecule has 0 bridgehead atoms. The van der Waals surface area contributed by atoms with Crippen LogP contribution in [0.15, 0.2) is 30.5 Å². The van der Waals surface area contributed by atoms with Crippen LogP contribution in [0.3, 0.4) is 0 Å². The number of rotatable bonds is 3. The van der Waals surface area contributed by atoms with E-state index in [2.05, 4.69) is 42.0 Å². The first-order valence-electron chi connectivity index (χ1n) is 4.97. The number of aryl methyl sites for hydroxylation is 2. The lowest BCUT2D eigenvalue weighted by molar-refractivity contribution is 0.280. The fourth-order valence-electron chi connectivity index (χ4n) is 1.73. The number of aliphatic hydroxyl groups excluding tert-OH is 1. The number of benzene rings is 1. The highest BCUT2D eigenvalue weighted by atomic mass is 16.3. The fraction of sp³-hybridized carbons (Fsp3) is 0.333. The second kappa shape index (κ2) is 3.84. The first kappa shape index (κ1) is 9.28. The van der Waals surface area contributed by atoms with Crippen LogP contribution >= 0.6 is 0 Å². The summed E-state index contributed by atoms with van der Waals surface area (Å²) in [5.41, 5.74) is 2.54. The molecule has 0 aliphatic rings. The molecule has 2 heteroatoms. The van der Waals surface area contributed by atoms with Crippen molar-refractivity contribution in [1.29, 1.82) is 0 Å². The van der Waals surface area contributed by atoms with Crippen LogP contribution in [-0.2, 0) is 6.54 Å². The van der Waals surface area contributed by atoms with Crippen LogP contribution < -0.4 is 0 Å². The number of hydrogen-bond acceptors (Lipinski definition) is 1. The number of aliphatic hydroxyl groups is 1. The molecule has 0 aliphatic carbocycles. The van der Waals surface area contributed by atoms with Crippen LogP contribution in [0.5, 0.6) is 0 Å². The van der Waals surface area contributed by atoms with Gasteiger partial charge in [-0.25, -0.2) is 0 Å². The molecule has 0 aliphatic heterocycles. The maximum Gasteiger partial charge on any atom is 0.0482 e. The van der Waals surface area contributed by atoms with Gasteiger partial charge in [0.1, 0.15) is 0 Å². The molecule has 0 saturated carbocycles. The van der Waals surface area contributed by atoms with Crippen LogP contribution in [0.1, 0.15) is 12.0 Å². The molecule has 0 unspecified atom stereocenters. The monoisotopic (exact) mass is 189 g/mol. The molecule has 1 heterocycles. The van der Waals surface area contributed by atoms with E-state index in [1.807, 2.05) is 0 Å². The molecule has 0 fully saturated rings. The summed E-state index contributed by atoms with van der Waals surface area (Å²) in [5, 5.41) is 10.1. The molecule has 2 nitrogen and oxygen atoms in total. The van der Waals surface area contributed by atoms with Gasteiger partial charge >= 0.3 is 0 Å². The van der Waals surface area contributed by atoms with E-state index < -0.39 is 0 Å². The van der Waals surface area contributed by atoms with E-state index in [-0.39, 0.29) is 6.61 Å². The third-order valence-electron chi connectivity index (χ3n) is 2.49. The zero-order valence-electron chi connectivity index (χ0n) is 8.40. The van der Waals surface area contributed by atoms with Gasteiger partial charge in [0.15, 0.2) is 0 Å². The third kappa shape index (κ3) is 1.66. The molecule has 0 radical (unpaired) electrons. The predicted octanol–water partition coefficient (Wildman–Crippen LogP) is 2.33. The van der Waals surface area contributed by atoms with Gasteiger partial charge in [-0.2, -0.15) is 0 Å². The summed E-state index contributed by atoms with van der Waals surface area (Å²) in [5.74, 6) is 0. The van der Waals surface area contributed by atoms with Gasteiger partial charge in [-0.1, -0.05) is 12.1 Å². The van der Waals surface area contributed by atoms with E-state index in [4.69, 9.17) is 5.11 Å². The van der Waals surface area contributed by atoms with Gasteiger partial charge in [-0.15, -0.1) is 0 Å². The largest absolute Gasteiger partial charge is 0.396 e. The second-order valence-corrected chi connectivity index (χ2v) is 3.65. The topological polar surface area (TPSA) is 25.2 Å². The highest BCUT2D eigenvalue weighted by Crippen LogP contribution is 2.17. The van der Waals surface area contributed by atoms with E-state index in [0.717, 1.165) is 13.0 Å². The lowest BCUT2D eigenvalue weighted by Gasteiger charge is -2.04. The van der Waals surface area contributed by atoms with E-state index in [0.29, 0.717) is 0 Å². The quantitative estimate of drug-likeness (QED) is 0.787. The van der Waals surface area contributed by atoms with E-state index in [1.165, 1.54) is 16.5 Å². The van der Waals surface area contributed by atoms with Gasteiger partial charge in [0.05, 0.1) is 0 Å². The summed E-state index contributed by atoms with van der Waals surface area (Å²) >= 11 is 0. The van der Waals surface area contributed by atoms with Crippen LogP contribution in [-0.4, -0.2) is 16.3 Å². The zero-order valence-corrected chi connectivity index (χ0v) is 8.40. The van der Waals surface area contributed by atoms with E-state index in [1.54, 1.807) is 0 Å². The van der Waals surface area contributed by atoms with Gasteiger partial charge in [-0.3, -0.25) is 0 Å². The molecule has 0 atom stereocenters. The molecule has 2 aromatic rings. The van der Waals surface area contributed by atoms with Crippen LogP contribution in [0.2, 0.25) is 0 Å². The summed E-state index contributed by atoms with van der Waals surface area (Å²) in [7, 11) is 0. The first-order chi connectivity index (χ1) is 6.81. The zero-order chi connectivity index (χ0) is 9.97. The second-order valence-electron chi connectivity index (χ2n) is 3.65. The Morgan fingerprint density at radius 1 is 1.29 bits per heavy atom. The van der Waals surface area contributed by atoms with Crippen molar-refractivity contribution in [3.05, 3.63) is 36.0 Å². The highest BCUT2D eigenvalue weighted by Gasteiger charge is 1.99. The Kier molecular flexibility index (Phi) is 2.55. The summed E-state index contributed by atoms with van der Waals surface area (Å²) in [6.45, 7) is 3.25. The molecule has 1 aromatic carbocycles. The lowest BCUT2D eigenvalue weighted by atomic mass is 10.2. The molecule has 0 amide bonds. The average Bonchev–Trinajstić information content (AvgIpc) is 2.57. The minimum absolute atomic E-state index is 0.255. The molecule has 74 valence electrons. The molecular weight excluding hydrogens is 174 g/mol. The number of hydrogen-bond donors (Lipinski definition) is 1. The van der Waals surface area contributed by atoms with E-state index in [9.17, 15) is 0 Å². The lowest BCUT2D eigenvalue weighted by Crippen LogP contribution is -1.98. The molecule has 2 rings (SSSR count). The minimum Gasteiger partial charge on any atom is -0.396 e. The van der Waals surface area contributed by atoms with Crippen molar-refractivity contribution in [3.63, 3.8) is 0 Å². The summed E-state index contributed by atoms with van der Waals surface area (Å²) in [6.07, 6.45) is 2.90. The van der Waals surface area contributed by atoms with Crippen molar-refractivity contribution in [2.75, 3.05) is 6.61 Å². The molecule has 14 heavy (non-hydrogen) atoms. The number of aromatic nitrogens is 1. The molecule has 0 saturated heterocycles. The summed E-state index contributed by atoms with van der Waals surface area (Å²) in [4.78, 5) is 0. The normalized spacial score (nSPS) is 11.0. The molecule has 1 aromatic heterocycles. The van der Waals surface area contributed by atoms with Crippen LogP contribution in [0, 0.1) is 6.92 Å². The fourth-order valence-corrected chi connectivity index (χ4v) is 1.73. The van der Waals surface area contributed by atoms with Crippen LogP contribution in [0.4, 0.5) is 0 Å². The molecule has 0 spiro atoms. The van der Waals surface area contributed by atoms with Crippen molar-refractivity contribution >= 4 is 10.9 Å². The maximum absolute atomic E-state index is 8.78. The number of nitrogens with zero attached hydrogens (tertiary/aromatic N) is 1. The minimum atomic E-state index is 0.255. The summed E-state index contributed by atoms with van der Waals surface area (Å²) < 4.78 is 2.19. The average molecular weight is 189 g/mol. The standard InChI is InChI=1S/C12H15NO/c1-10-3-4-11-5-7-13(6-2-8-14)12(11)9-10/h3-5,7,9,14H,2,6,8H2,1H3. The summed E-state index contributed by atoms with van der Waals surface area (Å²) in [6, 6.07) is 8.57. The van der Waals surface area contributed by atoms with Gasteiger partial charge in [0.25, 0.3) is 0 Å². The Morgan fingerprint density at radius 3 is 2.93 bits per heavy atom. The van der Waals surface area contributed by atoms with Gasteiger partial charge < -0.3 is 9.67 Å². The van der Waals surface area contributed by atoms with Gasteiger partial charge in [-0.05, 0) is 36.4 Å². The van der Waals surface area contributed by atoms with Gasteiger partial charge in [0.2, 0.25) is 0 Å².